The van der Waals surface area contributed by atoms with Gasteiger partial charge in [0.25, 0.3) is 6.35 Å². The predicted octanol–water partition coefficient (Wildman–Crippen LogP) is 7.93. The summed E-state index contributed by atoms with van der Waals surface area (Å²) in [7, 11) is 2.12. The SMILES string of the molecule is CN1c2cc3c(cc2N2c4ccccc4OC12)-c1ccccc1-c1ccccc1-c1ccccc1-3. The van der Waals surface area contributed by atoms with Crippen LogP contribution in [0.1, 0.15) is 0 Å². The van der Waals surface area contributed by atoms with Crippen LogP contribution in [0.15, 0.2) is 109 Å². The van der Waals surface area contributed by atoms with E-state index in [1.54, 1.807) is 0 Å². The molecule has 0 saturated carbocycles. The zero-order valence-electron chi connectivity index (χ0n) is 19.3. The summed E-state index contributed by atoms with van der Waals surface area (Å²) in [6.07, 6.45) is -0.168. The van der Waals surface area contributed by atoms with Crippen LogP contribution in [0.2, 0.25) is 0 Å². The lowest BCUT2D eigenvalue weighted by Crippen LogP contribution is -2.39. The average Bonchev–Trinajstić information content (AvgIpc) is 3.42. The van der Waals surface area contributed by atoms with E-state index in [0.29, 0.717) is 0 Å². The Kier molecular flexibility index (Phi) is 3.65. The molecule has 0 bridgehead atoms. The Balaban J connectivity index is 1.48. The third-order valence-corrected chi connectivity index (χ3v) is 7.61. The summed E-state index contributed by atoms with van der Waals surface area (Å²) in [5.41, 5.74) is 13.6. The van der Waals surface area contributed by atoms with Crippen molar-refractivity contribution in [3.63, 3.8) is 0 Å². The van der Waals surface area contributed by atoms with Crippen molar-refractivity contribution in [2.75, 3.05) is 16.8 Å². The fourth-order valence-electron chi connectivity index (χ4n) is 6.02. The summed E-state index contributed by atoms with van der Waals surface area (Å²) < 4.78 is 6.38. The molecule has 1 atom stereocenters. The molecule has 3 nitrogen and oxygen atoms in total. The van der Waals surface area contributed by atoms with Crippen LogP contribution >= 0.6 is 0 Å². The molecule has 0 fully saturated rings. The maximum atomic E-state index is 6.38. The first-order chi connectivity index (χ1) is 17.3. The number of hydrogen-bond donors (Lipinski definition) is 0. The van der Waals surface area contributed by atoms with E-state index in [1.165, 1.54) is 55.9 Å². The summed E-state index contributed by atoms with van der Waals surface area (Å²) in [6.45, 7) is 0. The van der Waals surface area contributed by atoms with E-state index in [4.69, 9.17) is 4.74 Å². The molecule has 0 radical (unpaired) electrons. The van der Waals surface area contributed by atoms with Crippen molar-refractivity contribution in [1.29, 1.82) is 0 Å². The van der Waals surface area contributed by atoms with E-state index in [-0.39, 0.29) is 6.35 Å². The fraction of sp³-hybridized carbons (Fsp3) is 0.0625. The monoisotopic (exact) mass is 450 g/mol. The van der Waals surface area contributed by atoms with Crippen LogP contribution in [0.4, 0.5) is 17.1 Å². The molecule has 0 aromatic heterocycles. The highest BCUT2D eigenvalue weighted by Gasteiger charge is 2.43. The van der Waals surface area contributed by atoms with Crippen molar-refractivity contribution < 1.29 is 4.74 Å². The first-order valence-electron chi connectivity index (χ1n) is 12.0. The molecule has 1 aliphatic carbocycles. The highest BCUT2D eigenvalue weighted by Crippen LogP contribution is 2.56. The van der Waals surface area contributed by atoms with Gasteiger partial charge in [-0.1, -0.05) is 84.9 Å². The largest absolute Gasteiger partial charge is 0.450 e. The van der Waals surface area contributed by atoms with Gasteiger partial charge in [-0.05, 0) is 68.8 Å². The van der Waals surface area contributed by atoms with Gasteiger partial charge in [0.1, 0.15) is 5.75 Å². The highest BCUT2D eigenvalue weighted by molar-refractivity contribution is 6.06. The van der Waals surface area contributed by atoms with Crippen molar-refractivity contribution in [2.24, 2.45) is 0 Å². The number of benzene rings is 5. The van der Waals surface area contributed by atoms with Gasteiger partial charge >= 0.3 is 0 Å². The van der Waals surface area contributed by atoms with E-state index >= 15 is 0 Å². The number of nitrogens with zero attached hydrogens (tertiary/aromatic N) is 2. The van der Waals surface area contributed by atoms with Gasteiger partial charge < -0.3 is 9.64 Å². The van der Waals surface area contributed by atoms with Crippen LogP contribution in [0.3, 0.4) is 0 Å². The number of rotatable bonds is 0. The van der Waals surface area contributed by atoms with Crippen molar-refractivity contribution >= 4 is 17.1 Å². The smallest absolute Gasteiger partial charge is 0.257 e. The molecule has 35 heavy (non-hydrogen) atoms. The molecule has 1 unspecified atom stereocenters. The second kappa shape index (κ2) is 6.77. The number of anilines is 3. The highest BCUT2D eigenvalue weighted by atomic mass is 16.5. The fourth-order valence-corrected chi connectivity index (χ4v) is 6.02. The zero-order valence-corrected chi connectivity index (χ0v) is 19.3. The van der Waals surface area contributed by atoms with Crippen LogP contribution in [0.25, 0.3) is 44.5 Å². The van der Waals surface area contributed by atoms with E-state index in [0.717, 1.165) is 11.4 Å². The lowest BCUT2D eigenvalue weighted by Gasteiger charge is -2.24. The molecule has 2 aliphatic heterocycles. The maximum Gasteiger partial charge on any atom is 0.257 e. The quantitative estimate of drug-likeness (QED) is 0.234. The van der Waals surface area contributed by atoms with Gasteiger partial charge in [-0.15, -0.1) is 0 Å². The minimum Gasteiger partial charge on any atom is -0.450 e. The van der Waals surface area contributed by atoms with Crippen molar-refractivity contribution in [3.05, 3.63) is 109 Å². The number of ether oxygens (including phenoxy) is 1. The van der Waals surface area contributed by atoms with Crippen molar-refractivity contribution in [1.82, 2.24) is 0 Å². The zero-order chi connectivity index (χ0) is 23.1. The Morgan fingerprint density at radius 2 is 0.914 bits per heavy atom. The topological polar surface area (TPSA) is 15.7 Å². The van der Waals surface area contributed by atoms with Gasteiger partial charge in [0.15, 0.2) is 0 Å². The van der Waals surface area contributed by atoms with Gasteiger partial charge in [0.2, 0.25) is 0 Å². The minimum atomic E-state index is -0.168. The molecular formula is C32H22N2O. The molecule has 0 spiro atoms. The normalized spacial score (nSPS) is 16.0. The van der Waals surface area contributed by atoms with E-state index in [2.05, 4.69) is 120 Å². The standard InChI is InChI=1S/C32H22N2O/c1-33-29-18-26-24-14-6-4-12-22(24)20-10-2-3-11-21(20)23-13-5-7-15-25(23)27(26)19-30(29)34-28-16-8-9-17-31(28)35-32(33)34/h2-19,32H,1H3. The molecule has 3 aliphatic rings. The average molecular weight is 451 g/mol. The van der Waals surface area contributed by atoms with Gasteiger partial charge in [0.05, 0.1) is 17.1 Å². The number of hydrogen-bond acceptors (Lipinski definition) is 3. The Morgan fingerprint density at radius 1 is 0.486 bits per heavy atom. The van der Waals surface area contributed by atoms with Gasteiger partial charge in [-0.2, -0.15) is 0 Å². The molecule has 5 aromatic rings. The van der Waals surface area contributed by atoms with Crippen LogP contribution < -0.4 is 14.5 Å². The lowest BCUT2D eigenvalue weighted by molar-refractivity contribution is 0.242. The first-order valence-corrected chi connectivity index (χ1v) is 12.0. The Labute approximate surface area is 204 Å². The summed E-state index contributed by atoms with van der Waals surface area (Å²) in [5.74, 6) is 0.932. The van der Waals surface area contributed by atoms with Crippen molar-refractivity contribution in [3.8, 4) is 50.3 Å². The Bertz CT molecular complexity index is 1670. The third-order valence-electron chi connectivity index (χ3n) is 7.61. The molecule has 0 saturated heterocycles. The van der Waals surface area contributed by atoms with Gasteiger partial charge in [-0.25, -0.2) is 0 Å². The maximum absolute atomic E-state index is 6.38. The molecular weight excluding hydrogens is 428 g/mol. The second-order valence-corrected chi connectivity index (χ2v) is 9.42. The van der Waals surface area contributed by atoms with E-state index in [1.807, 2.05) is 6.07 Å². The Hall–Kier alpha value is -4.50. The van der Waals surface area contributed by atoms with Crippen LogP contribution in [-0.4, -0.2) is 13.4 Å². The van der Waals surface area contributed by atoms with Crippen molar-refractivity contribution in [2.45, 2.75) is 6.35 Å². The number of fused-ring (bicyclic) bond motifs is 13. The molecule has 166 valence electrons. The van der Waals surface area contributed by atoms with Gasteiger partial charge in [-0.3, -0.25) is 4.90 Å². The van der Waals surface area contributed by atoms with Crippen LogP contribution in [-0.2, 0) is 0 Å². The molecule has 2 heterocycles. The van der Waals surface area contributed by atoms with E-state index in [9.17, 15) is 0 Å². The van der Waals surface area contributed by atoms with Gasteiger partial charge in [0, 0.05) is 7.05 Å². The number of para-hydroxylation sites is 2. The second-order valence-electron chi connectivity index (χ2n) is 9.42. The lowest BCUT2D eigenvalue weighted by atomic mass is 9.80. The summed E-state index contributed by atoms with van der Waals surface area (Å²) in [6, 6.07) is 39.4. The first kappa shape index (κ1) is 18.9. The molecule has 8 rings (SSSR count). The minimum absolute atomic E-state index is 0.168. The summed E-state index contributed by atoms with van der Waals surface area (Å²) in [5, 5.41) is 0. The van der Waals surface area contributed by atoms with E-state index < -0.39 is 0 Å². The predicted molar refractivity (Wildman–Crippen MR) is 143 cm³/mol. The molecule has 3 heteroatoms. The van der Waals surface area contributed by atoms with Crippen LogP contribution in [0.5, 0.6) is 5.75 Å². The molecule has 0 N–H and O–H groups in total. The molecule has 0 amide bonds. The summed E-state index contributed by atoms with van der Waals surface area (Å²) in [4.78, 5) is 4.57. The Morgan fingerprint density at radius 3 is 1.46 bits per heavy atom. The summed E-state index contributed by atoms with van der Waals surface area (Å²) >= 11 is 0. The van der Waals surface area contributed by atoms with Crippen LogP contribution in [0, 0.1) is 0 Å². The third kappa shape index (κ3) is 2.45. The molecule has 5 aromatic carbocycles.